The maximum Gasteiger partial charge on any atom is 0.573 e. The number of hydrogen-bond acceptors (Lipinski definition) is 3. The van der Waals surface area contributed by atoms with Gasteiger partial charge in [0.15, 0.2) is 5.75 Å². The molecule has 1 aromatic rings. The highest BCUT2D eigenvalue weighted by Gasteiger charge is 2.33. The molecule has 0 radical (unpaired) electrons. The molecule has 17 heavy (non-hydrogen) atoms. The van der Waals surface area contributed by atoms with Gasteiger partial charge in [-0.1, -0.05) is 0 Å². The minimum atomic E-state index is -5.13. The summed E-state index contributed by atoms with van der Waals surface area (Å²) in [6, 6.07) is 0. The molecular weight excluding hydrogens is 251 g/mol. The summed E-state index contributed by atoms with van der Waals surface area (Å²) in [7, 11) is 0. The molecule has 0 fully saturated rings. The van der Waals surface area contributed by atoms with E-state index in [-0.39, 0.29) is 5.69 Å². The number of aromatic nitrogens is 1. The van der Waals surface area contributed by atoms with E-state index in [1.807, 2.05) is 0 Å². The van der Waals surface area contributed by atoms with Crippen molar-refractivity contribution in [2.45, 2.75) is 19.3 Å². The second-order valence-electron chi connectivity index (χ2n) is 2.93. The summed E-state index contributed by atoms with van der Waals surface area (Å²) < 4.78 is 63.8. The highest BCUT2D eigenvalue weighted by molar-refractivity contribution is 5.30. The molecule has 4 nitrogen and oxygen atoms in total. The molecule has 1 rings (SSSR count). The first-order valence-electron chi connectivity index (χ1n) is 4.24. The van der Waals surface area contributed by atoms with E-state index in [9.17, 15) is 26.7 Å². The number of H-pyrrole nitrogens is 1. The molecule has 0 saturated heterocycles. The topological polar surface area (TPSA) is 68.1 Å². The van der Waals surface area contributed by atoms with Crippen LogP contribution in [0.15, 0.2) is 11.0 Å². The van der Waals surface area contributed by atoms with Gasteiger partial charge < -0.3 is 15.5 Å². The van der Waals surface area contributed by atoms with Gasteiger partial charge in [-0.25, -0.2) is 8.78 Å². The number of nitrogens with one attached hydrogen (secondary N) is 1. The molecule has 1 heterocycles. The molecule has 0 amide bonds. The van der Waals surface area contributed by atoms with Crippen LogP contribution in [0.1, 0.15) is 17.7 Å². The van der Waals surface area contributed by atoms with E-state index >= 15 is 0 Å². The van der Waals surface area contributed by atoms with Gasteiger partial charge in [-0.15, -0.1) is 13.2 Å². The summed E-state index contributed by atoms with van der Waals surface area (Å²) >= 11 is 0. The first kappa shape index (κ1) is 13.4. The molecule has 3 N–H and O–H groups in total. The van der Waals surface area contributed by atoms with Gasteiger partial charge in [-0.2, -0.15) is 0 Å². The Bertz CT molecular complexity index is 454. The van der Waals surface area contributed by atoms with E-state index in [1.165, 1.54) is 0 Å². The van der Waals surface area contributed by atoms with Gasteiger partial charge >= 0.3 is 6.36 Å². The maximum atomic E-state index is 12.5. The van der Waals surface area contributed by atoms with E-state index < -0.39 is 36.1 Å². The zero-order valence-corrected chi connectivity index (χ0v) is 8.15. The zero-order valence-electron chi connectivity index (χ0n) is 8.15. The molecule has 0 saturated carbocycles. The van der Waals surface area contributed by atoms with Crippen LogP contribution in [-0.4, -0.2) is 11.3 Å². The summed E-state index contributed by atoms with van der Waals surface area (Å²) in [6.07, 6.45) is -7.82. The van der Waals surface area contributed by atoms with Crippen LogP contribution in [0, 0.1) is 0 Å². The summed E-state index contributed by atoms with van der Waals surface area (Å²) in [5.74, 6) is -1.25. The Morgan fingerprint density at radius 2 is 2.00 bits per heavy atom. The Morgan fingerprint density at radius 1 is 1.41 bits per heavy atom. The van der Waals surface area contributed by atoms with Crippen molar-refractivity contribution in [3.8, 4) is 5.75 Å². The van der Waals surface area contributed by atoms with Crippen molar-refractivity contribution in [1.29, 1.82) is 0 Å². The third kappa shape index (κ3) is 3.16. The largest absolute Gasteiger partial charge is 0.573 e. The fourth-order valence-corrected chi connectivity index (χ4v) is 1.17. The summed E-state index contributed by atoms with van der Waals surface area (Å²) in [5.41, 5.74) is 2.09. The first-order chi connectivity index (χ1) is 7.76. The molecule has 0 bridgehead atoms. The molecule has 0 aliphatic heterocycles. The van der Waals surface area contributed by atoms with Crippen molar-refractivity contribution >= 4 is 0 Å². The van der Waals surface area contributed by atoms with E-state index in [0.717, 1.165) is 0 Å². The summed E-state index contributed by atoms with van der Waals surface area (Å²) in [5, 5.41) is 0. The summed E-state index contributed by atoms with van der Waals surface area (Å²) in [4.78, 5) is 13.4. The monoisotopic (exact) mass is 258 g/mol. The van der Waals surface area contributed by atoms with Crippen LogP contribution < -0.4 is 15.9 Å². The molecule has 0 unspecified atom stereocenters. The maximum absolute atomic E-state index is 12.5. The quantitative estimate of drug-likeness (QED) is 0.810. The van der Waals surface area contributed by atoms with Crippen molar-refractivity contribution in [2.24, 2.45) is 5.73 Å². The first-order valence-corrected chi connectivity index (χ1v) is 4.24. The predicted octanol–water partition coefficient (Wildman–Crippen LogP) is 1.67. The van der Waals surface area contributed by atoms with Crippen LogP contribution in [0.25, 0.3) is 0 Å². The Kier molecular flexibility index (Phi) is 3.71. The number of rotatable bonds is 3. The lowest BCUT2D eigenvalue weighted by molar-refractivity contribution is -0.275. The lowest BCUT2D eigenvalue weighted by Crippen LogP contribution is -2.25. The summed E-state index contributed by atoms with van der Waals surface area (Å²) in [6.45, 7) is -0.429. The molecule has 0 aliphatic rings. The molecule has 0 aromatic carbocycles. The van der Waals surface area contributed by atoms with Crippen LogP contribution in [0.2, 0.25) is 0 Å². The van der Waals surface area contributed by atoms with Gasteiger partial charge in [-0.05, 0) is 0 Å². The van der Waals surface area contributed by atoms with Crippen LogP contribution >= 0.6 is 0 Å². The third-order valence-corrected chi connectivity index (χ3v) is 1.82. The number of aromatic amines is 1. The van der Waals surface area contributed by atoms with Crippen molar-refractivity contribution in [2.75, 3.05) is 0 Å². The van der Waals surface area contributed by atoms with Crippen LogP contribution in [-0.2, 0) is 6.54 Å². The lowest BCUT2D eigenvalue weighted by Gasteiger charge is -2.11. The minimum absolute atomic E-state index is 0.334. The van der Waals surface area contributed by atoms with Crippen molar-refractivity contribution in [3.05, 3.63) is 27.7 Å². The molecule has 96 valence electrons. The molecular formula is C8H7F5N2O2. The van der Waals surface area contributed by atoms with E-state index in [2.05, 4.69) is 9.72 Å². The van der Waals surface area contributed by atoms with Gasteiger partial charge in [0.2, 0.25) is 5.43 Å². The average molecular weight is 258 g/mol. The normalized spacial score (nSPS) is 11.9. The molecule has 0 aliphatic carbocycles. The van der Waals surface area contributed by atoms with Crippen LogP contribution in [0.3, 0.4) is 0 Å². The third-order valence-electron chi connectivity index (χ3n) is 1.82. The number of alkyl halides is 5. The second kappa shape index (κ2) is 4.70. The molecule has 0 spiro atoms. The van der Waals surface area contributed by atoms with Gasteiger partial charge in [0.05, 0.1) is 5.56 Å². The number of hydrogen-bond donors (Lipinski definition) is 2. The number of nitrogens with two attached hydrogens (primary N) is 1. The fraction of sp³-hybridized carbons (Fsp3) is 0.375. The van der Waals surface area contributed by atoms with Crippen molar-refractivity contribution in [3.63, 3.8) is 0 Å². The average Bonchev–Trinajstić information content (AvgIpc) is 2.18. The van der Waals surface area contributed by atoms with Crippen LogP contribution in [0.5, 0.6) is 5.75 Å². The Labute approximate surface area is 91.2 Å². The van der Waals surface area contributed by atoms with Gasteiger partial charge in [0, 0.05) is 18.4 Å². The Balaban J connectivity index is 3.29. The van der Waals surface area contributed by atoms with Crippen molar-refractivity contribution < 1.29 is 26.7 Å². The lowest BCUT2D eigenvalue weighted by atomic mass is 10.2. The van der Waals surface area contributed by atoms with Gasteiger partial charge in [-0.3, -0.25) is 4.79 Å². The standard InChI is InChI=1S/C8H7F5N2O2/c9-7(10)5-3(1-14)15-2-4(6(5)16)17-8(11,12)13/h2,7H,1,14H2,(H,15,16). The zero-order chi connectivity index (χ0) is 13.2. The fourth-order valence-electron chi connectivity index (χ4n) is 1.17. The van der Waals surface area contributed by atoms with E-state index in [4.69, 9.17) is 5.73 Å². The SMILES string of the molecule is NCc1[nH]cc(OC(F)(F)F)c(=O)c1C(F)F. The predicted molar refractivity (Wildman–Crippen MR) is 46.6 cm³/mol. The van der Waals surface area contributed by atoms with E-state index in [0.29, 0.717) is 6.20 Å². The molecule has 9 heteroatoms. The van der Waals surface area contributed by atoms with Crippen LogP contribution in [0.4, 0.5) is 22.0 Å². The van der Waals surface area contributed by atoms with Gasteiger partial charge in [0.1, 0.15) is 0 Å². The highest BCUT2D eigenvalue weighted by atomic mass is 19.4. The minimum Gasteiger partial charge on any atom is -0.400 e. The number of ether oxygens (including phenoxy) is 1. The van der Waals surface area contributed by atoms with Gasteiger partial charge in [0.25, 0.3) is 6.43 Å². The van der Waals surface area contributed by atoms with Crippen molar-refractivity contribution in [1.82, 2.24) is 4.98 Å². The van der Waals surface area contributed by atoms with E-state index in [1.54, 1.807) is 0 Å². The number of pyridine rings is 1. The highest BCUT2D eigenvalue weighted by Crippen LogP contribution is 2.23. The number of halogens is 5. The second-order valence-corrected chi connectivity index (χ2v) is 2.93. The Morgan fingerprint density at radius 3 is 2.41 bits per heavy atom. The Hall–Kier alpha value is -1.64. The smallest absolute Gasteiger partial charge is 0.400 e. The molecule has 0 atom stereocenters. The molecule has 1 aromatic heterocycles.